The number of hydrogen-bond donors (Lipinski definition) is 1. The molecule has 1 fully saturated rings. The molecule has 0 saturated heterocycles. The molecule has 5 heteroatoms. The fraction of sp³-hybridized carbons (Fsp3) is 0.462. The van der Waals surface area contributed by atoms with Gasteiger partial charge in [-0.05, 0) is 38.7 Å². The molecule has 2 aromatic rings. The van der Waals surface area contributed by atoms with E-state index in [1.807, 2.05) is 24.3 Å². The highest BCUT2D eigenvalue weighted by Gasteiger charge is 2.29. The lowest BCUT2D eigenvalue weighted by atomic mass is 10.2. The largest absolute Gasteiger partial charge is 0.348 e. The molecular formula is C13H16N4O. The molecule has 0 bridgehead atoms. The summed E-state index contributed by atoms with van der Waals surface area (Å²) in [6, 6.07) is 2.11. The molecule has 1 unspecified atom stereocenters. The van der Waals surface area contributed by atoms with Crippen LogP contribution in [-0.2, 0) is 0 Å². The van der Waals surface area contributed by atoms with Gasteiger partial charge >= 0.3 is 0 Å². The van der Waals surface area contributed by atoms with E-state index < -0.39 is 0 Å². The summed E-state index contributed by atoms with van der Waals surface area (Å²) < 4.78 is 1.83. The lowest BCUT2D eigenvalue weighted by molar-refractivity contribution is 0.0933. The summed E-state index contributed by atoms with van der Waals surface area (Å²) in [6.45, 7) is 4.01. The molecule has 1 aliphatic carbocycles. The number of rotatable bonds is 3. The molecule has 1 amide bonds. The van der Waals surface area contributed by atoms with E-state index in [4.69, 9.17) is 0 Å². The van der Waals surface area contributed by atoms with Crippen LogP contribution in [0, 0.1) is 12.8 Å². The van der Waals surface area contributed by atoms with E-state index in [-0.39, 0.29) is 11.9 Å². The van der Waals surface area contributed by atoms with E-state index >= 15 is 0 Å². The van der Waals surface area contributed by atoms with Crippen LogP contribution in [0.1, 0.15) is 35.9 Å². The van der Waals surface area contributed by atoms with Gasteiger partial charge in [0.05, 0.1) is 0 Å². The Morgan fingerprint density at radius 1 is 1.50 bits per heavy atom. The van der Waals surface area contributed by atoms with E-state index in [0.29, 0.717) is 17.3 Å². The lowest BCUT2D eigenvalue weighted by Gasteiger charge is -2.11. The maximum absolute atomic E-state index is 12.1. The Bertz CT molecular complexity index is 600. The van der Waals surface area contributed by atoms with Gasteiger partial charge in [-0.1, -0.05) is 0 Å². The molecule has 1 atom stereocenters. The molecule has 1 saturated carbocycles. The third-order valence-electron chi connectivity index (χ3n) is 3.54. The van der Waals surface area contributed by atoms with Crippen LogP contribution in [0.25, 0.3) is 5.65 Å². The van der Waals surface area contributed by atoms with Gasteiger partial charge in [-0.15, -0.1) is 0 Å². The predicted octanol–water partition coefficient (Wildman–Crippen LogP) is 1.57. The number of carbonyl (C=O) groups excluding carboxylic acids is 1. The molecule has 18 heavy (non-hydrogen) atoms. The number of carbonyl (C=O) groups is 1. The number of amides is 1. The smallest absolute Gasteiger partial charge is 0.274 e. The zero-order chi connectivity index (χ0) is 12.7. The van der Waals surface area contributed by atoms with Gasteiger partial charge < -0.3 is 5.32 Å². The quantitative estimate of drug-likeness (QED) is 0.891. The number of fused-ring (bicyclic) bond motifs is 1. The average molecular weight is 244 g/mol. The number of nitrogens with zero attached hydrogens (tertiary/aromatic N) is 3. The zero-order valence-corrected chi connectivity index (χ0v) is 10.6. The minimum absolute atomic E-state index is 0.130. The van der Waals surface area contributed by atoms with Crippen LogP contribution in [0.2, 0.25) is 0 Å². The number of imidazole rings is 1. The third-order valence-corrected chi connectivity index (χ3v) is 3.54. The fourth-order valence-corrected chi connectivity index (χ4v) is 2.17. The highest BCUT2D eigenvalue weighted by Crippen LogP contribution is 2.32. The van der Waals surface area contributed by atoms with Crippen molar-refractivity contribution in [2.45, 2.75) is 32.7 Å². The Kier molecular flexibility index (Phi) is 2.54. The topological polar surface area (TPSA) is 59.3 Å². The van der Waals surface area contributed by atoms with Crippen molar-refractivity contribution in [2.24, 2.45) is 5.92 Å². The summed E-state index contributed by atoms with van der Waals surface area (Å²) in [5, 5.41) is 3.00. The maximum Gasteiger partial charge on any atom is 0.274 e. The molecule has 0 aromatic carbocycles. The first-order valence-corrected chi connectivity index (χ1v) is 6.26. The van der Waals surface area contributed by atoms with E-state index in [0.717, 1.165) is 5.69 Å². The van der Waals surface area contributed by atoms with Crippen LogP contribution in [0.4, 0.5) is 0 Å². The van der Waals surface area contributed by atoms with Crippen molar-refractivity contribution in [3.8, 4) is 0 Å². The molecule has 1 N–H and O–H groups in total. The zero-order valence-electron chi connectivity index (χ0n) is 10.6. The third kappa shape index (κ3) is 1.85. The average Bonchev–Trinajstić information content (AvgIpc) is 3.09. The second-order valence-corrected chi connectivity index (χ2v) is 4.97. The molecular weight excluding hydrogens is 228 g/mol. The van der Waals surface area contributed by atoms with Crippen LogP contribution in [0.3, 0.4) is 0 Å². The van der Waals surface area contributed by atoms with E-state index in [1.54, 1.807) is 12.5 Å². The number of hydrogen-bond acceptors (Lipinski definition) is 3. The normalized spacial score (nSPS) is 16.8. The first-order valence-electron chi connectivity index (χ1n) is 6.26. The Morgan fingerprint density at radius 2 is 2.28 bits per heavy atom. The molecule has 94 valence electrons. The summed E-state index contributed by atoms with van der Waals surface area (Å²) in [4.78, 5) is 20.6. The number of nitrogens with one attached hydrogen (secondary N) is 1. The van der Waals surface area contributed by atoms with Gasteiger partial charge in [0.1, 0.15) is 6.33 Å². The Hall–Kier alpha value is -1.91. The van der Waals surface area contributed by atoms with Crippen molar-refractivity contribution in [3.05, 3.63) is 30.0 Å². The van der Waals surface area contributed by atoms with Gasteiger partial charge in [-0.25, -0.2) is 9.97 Å². The van der Waals surface area contributed by atoms with Gasteiger partial charge in [0.2, 0.25) is 0 Å². The Balaban J connectivity index is 1.89. The summed E-state index contributed by atoms with van der Waals surface area (Å²) >= 11 is 0. The van der Waals surface area contributed by atoms with Crippen molar-refractivity contribution in [1.82, 2.24) is 19.7 Å². The number of aromatic nitrogens is 3. The van der Waals surface area contributed by atoms with E-state index in [2.05, 4.69) is 15.3 Å². The molecule has 0 radical (unpaired) electrons. The van der Waals surface area contributed by atoms with Crippen LogP contribution < -0.4 is 5.32 Å². The second-order valence-electron chi connectivity index (χ2n) is 4.97. The minimum atomic E-state index is -0.130. The monoisotopic (exact) mass is 244 g/mol. The van der Waals surface area contributed by atoms with Crippen molar-refractivity contribution < 1.29 is 4.79 Å². The SMILES string of the molecule is Cc1ccnc2c(C(=O)NC(C)C3CC3)ncn12. The minimum Gasteiger partial charge on any atom is -0.348 e. The van der Waals surface area contributed by atoms with Gasteiger partial charge in [0.15, 0.2) is 11.3 Å². The van der Waals surface area contributed by atoms with E-state index in [9.17, 15) is 4.79 Å². The lowest BCUT2D eigenvalue weighted by Crippen LogP contribution is -2.34. The van der Waals surface area contributed by atoms with Gasteiger partial charge in [0.25, 0.3) is 5.91 Å². The van der Waals surface area contributed by atoms with Gasteiger partial charge in [0, 0.05) is 17.9 Å². The summed E-state index contributed by atoms with van der Waals surface area (Å²) in [5.74, 6) is 0.507. The van der Waals surface area contributed by atoms with Crippen molar-refractivity contribution in [2.75, 3.05) is 0 Å². The first-order chi connectivity index (χ1) is 8.66. The molecule has 1 aliphatic rings. The summed E-state index contributed by atoms with van der Waals surface area (Å²) in [7, 11) is 0. The predicted molar refractivity (Wildman–Crippen MR) is 67.4 cm³/mol. The second kappa shape index (κ2) is 4.08. The van der Waals surface area contributed by atoms with Crippen LogP contribution >= 0.6 is 0 Å². The molecule has 5 nitrogen and oxygen atoms in total. The summed E-state index contributed by atoms with van der Waals surface area (Å²) in [5.41, 5.74) is 2.04. The Labute approximate surface area is 105 Å². The fourth-order valence-electron chi connectivity index (χ4n) is 2.17. The van der Waals surface area contributed by atoms with Crippen LogP contribution in [0.15, 0.2) is 18.6 Å². The standard InChI is InChI=1S/C13H16N4O/c1-8-5-6-14-12-11(15-7-17(8)12)13(18)16-9(2)10-3-4-10/h5-7,9-10H,3-4H2,1-2H3,(H,16,18). The highest BCUT2D eigenvalue weighted by molar-refractivity contribution is 5.98. The Morgan fingerprint density at radius 3 is 3.00 bits per heavy atom. The molecule has 0 spiro atoms. The van der Waals surface area contributed by atoms with Crippen molar-refractivity contribution in [1.29, 1.82) is 0 Å². The van der Waals surface area contributed by atoms with Crippen molar-refractivity contribution >= 4 is 11.6 Å². The maximum atomic E-state index is 12.1. The molecule has 2 aromatic heterocycles. The van der Waals surface area contributed by atoms with Gasteiger partial charge in [-0.3, -0.25) is 9.20 Å². The molecule has 3 rings (SSSR count). The first kappa shape index (κ1) is 11.2. The molecule has 0 aliphatic heterocycles. The van der Waals surface area contributed by atoms with Crippen LogP contribution in [0.5, 0.6) is 0 Å². The van der Waals surface area contributed by atoms with Crippen molar-refractivity contribution in [3.63, 3.8) is 0 Å². The van der Waals surface area contributed by atoms with Gasteiger partial charge in [-0.2, -0.15) is 0 Å². The number of aryl methyl sites for hydroxylation is 1. The van der Waals surface area contributed by atoms with E-state index in [1.165, 1.54) is 12.8 Å². The van der Waals surface area contributed by atoms with Crippen LogP contribution in [-0.4, -0.2) is 26.3 Å². The summed E-state index contributed by atoms with van der Waals surface area (Å²) in [6.07, 6.45) is 5.77. The molecule has 2 heterocycles. The highest BCUT2D eigenvalue weighted by atomic mass is 16.2.